The highest BCUT2D eigenvalue weighted by molar-refractivity contribution is 5.78. The number of benzene rings is 2. The maximum atomic E-state index is 12.1. The van der Waals surface area contributed by atoms with Crippen LogP contribution in [0.5, 0.6) is 0 Å². The van der Waals surface area contributed by atoms with Gasteiger partial charge in [0.05, 0.1) is 5.52 Å². The summed E-state index contributed by atoms with van der Waals surface area (Å²) in [5, 5.41) is 7.14. The molecule has 0 aliphatic rings. The first-order valence-electron chi connectivity index (χ1n) is 6.74. The zero-order valence-electron chi connectivity index (χ0n) is 11.4. The molecule has 0 amide bonds. The largest absolute Gasteiger partial charge is 0.382 e. The molecule has 0 saturated carbocycles. The predicted octanol–water partition coefficient (Wildman–Crippen LogP) is 3.75. The van der Waals surface area contributed by atoms with Crippen LogP contribution in [0.2, 0.25) is 0 Å². The number of nitrogens with zero attached hydrogens (tertiary/aromatic N) is 2. The molecule has 0 unspecified atom stereocenters. The van der Waals surface area contributed by atoms with E-state index in [9.17, 15) is 4.39 Å². The normalized spacial score (nSPS) is 10.5. The molecule has 4 nitrogen and oxygen atoms in total. The number of anilines is 3. The molecule has 3 aromatic rings. The van der Waals surface area contributed by atoms with Crippen LogP contribution in [-0.4, -0.2) is 23.2 Å². The van der Waals surface area contributed by atoms with E-state index in [4.69, 9.17) is 0 Å². The van der Waals surface area contributed by atoms with Gasteiger partial charge >= 0.3 is 0 Å². The molecule has 0 aliphatic heterocycles. The van der Waals surface area contributed by atoms with Gasteiger partial charge < -0.3 is 10.6 Å². The quantitative estimate of drug-likeness (QED) is 0.748. The van der Waals surface area contributed by atoms with Gasteiger partial charge in [-0.25, -0.2) is 14.4 Å². The van der Waals surface area contributed by atoms with Crippen LogP contribution in [0.25, 0.3) is 10.9 Å². The number of nitrogens with one attached hydrogen (secondary N) is 2. The minimum Gasteiger partial charge on any atom is -0.382 e. The third kappa shape index (κ3) is 3.25. The SMILES string of the molecule is FCCNc1ccc(Nc2ncc3ccccc3n2)cc1. The molecule has 2 aromatic carbocycles. The van der Waals surface area contributed by atoms with Crippen molar-refractivity contribution in [1.82, 2.24) is 9.97 Å². The Bertz CT molecular complexity index is 728. The molecule has 0 radical (unpaired) electrons. The molecule has 21 heavy (non-hydrogen) atoms. The minimum absolute atomic E-state index is 0.320. The van der Waals surface area contributed by atoms with E-state index in [1.54, 1.807) is 6.20 Å². The molecule has 106 valence electrons. The monoisotopic (exact) mass is 282 g/mol. The van der Waals surface area contributed by atoms with Crippen LogP contribution in [0.4, 0.5) is 21.7 Å². The molecule has 2 N–H and O–H groups in total. The summed E-state index contributed by atoms with van der Waals surface area (Å²) in [5.41, 5.74) is 2.67. The Morgan fingerprint density at radius 1 is 0.952 bits per heavy atom. The first kappa shape index (κ1) is 13.3. The van der Waals surface area contributed by atoms with E-state index < -0.39 is 0 Å². The fourth-order valence-corrected chi connectivity index (χ4v) is 2.02. The van der Waals surface area contributed by atoms with Crippen molar-refractivity contribution in [2.24, 2.45) is 0 Å². The van der Waals surface area contributed by atoms with Crippen molar-refractivity contribution in [3.63, 3.8) is 0 Å². The maximum absolute atomic E-state index is 12.1. The molecule has 0 bridgehead atoms. The summed E-state index contributed by atoms with van der Waals surface area (Å²) >= 11 is 0. The predicted molar refractivity (Wildman–Crippen MR) is 83.7 cm³/mol. The maximum Gasteiger partial charge on any atom is 0.227 e. The van der Waals surface area contributed by atoms with Crippen LogP contribution in [0.3, 0.4) is 0 Å². The van der Waals surface area contributed by atoms with Crippen molar-refractivity contribution in [3.8, 4) is 0 Å². The van der Waals surface area contributed by atoms with E-state index in [1.807, 2.05) is 48.5 Å². The number of rotatable bonds is 5. The number of fused-ring (bicyclic) bond motifs is 1. The second-order valence-corrected chi connectivity index (χ2v) is 4.57. The van der Waals surface area contributed by atoms with Gasteiger partial charge in [-0.05, 0) is 30.3 Å². The van der Waals surface area contributed by atoms with Crippen LogP contribution in [0, 0.1) is 0 Å². The average Bonchev–Trinajstić information content (AvgIpc) is 2.54. The standard InChI is InChI=1S/C16H15FN4/c17-9-10-18-13-5-7-14(8-6-13)20-16-19-11-12-3-1-2-4-15(12)21-16/h1-8,11,18H,9-10H2,(H,19,20,21). The van der Waals surface area contributed by atoms with Gasteiger partial charge in [0.25, 0.3) is 0 Å². The Morgan fingerprint density at radius 2 is 1.71 bits per heavy atom. The fourth-order valence-electron chi connectivity index (χ4n) is 2.02. The lowest BCUT2D eigenvalue weighted by molar-refractivity contribution is 0.513. The third-order valence-corrected chi connectivity index (χ3v) is 3.05. The highest BCUT2D eigenvalue weighted by atomic mass is 19.1. The van der Waals surface area contributed by atoms with Crippen LogP contribution in [0.15, 0.2) is 54.7 Å². The van der Waals surface area contributed by atoms with Gasteiger partial charge in [-0.3, -0.25) is 0 Å². The van der Waals surface area contributed by atoms with E-state index in [0.29, 0.717) is 12.5 Å². The van der Waals surface area contributed by atoms with Gasteiger partial charge in [-0.2, -0.15) is 0 Å². The lowest BCUT2D eigenvalue weighted by Gasteiger charge is -2.07. The Balaban J connectivity index is 1.75. The van der Waals surface area contributed by atoms with Crippen LogP contribution in [0.1, 0.15) is 0 Å². The zero-order valence-corrected chi connectivity index (χ0v) is 11.4. The smallest absolute Gasteiger partial charge is 0.227 e. The number of alkyl halides is 1. The summed E-state index contributed by atoms with van der Waals surface area (Å²) in [5.74, 6) is 0.554. The van der Waals surface area contributed by atoms with Crippen molar-refractivity contribution in [1.29, 1.82) is 0 Å². The van der Waals surface area contributed by atoms with Gasteiger partial charge in [0.2, 0.25) is 5.95 Å². The van der Waals surface area contributed by atoms with Gasteiger partial charge in [0.1, 0.15) is 6.67 Å². The van der Waals surface area contributed by atoms with Gasteiger partial charge in [0, 0.05) is 29.5 Å². The van der Waals surface area contributed by atoms with E-state index in [0.717, 1.165) is 22.3 Å². The van der Waals surface area contributed by atoms with E-state index >= 15 is 0 Å². The highest BCUT2D eigenvalue weighted by Crippen LogP contribution is 2.18. The number of hydrogen-bond donors (Lipinski definition) is 2. The number of hydrogen-bond acceptors (Lipinski definition) is 4. The van der Waals surface area contributed by atoms with Crippen molar-refractivity contribution < 1.29 is 4.39 Å². The molecule has 1 heterocycles. The fraction of sp³-hybridized carbons (Fsp3) is 0.125. The summed E-state index contributed by atoms with van der Waals surface area (Å²) in [6, 6.07) is 15.4. The summed E-state index contributed by atoms with van der Waals surface area (Å²) in [4.78, 5) is 8.74. The number of para-hydroxylation sites is 1. The lowest BCUT2D eigenvalue weighted by atomic mass is 10.2. The molecule has 0 saturated heterocycles. The summed E-state index contributed by atoms with van der Waals surface area (Å²) < 4.78 is 12.1. The molecule has 3 rings (SSSR count). The Hall–Kier alpha value is -2.69. The van der Waals surface area contributed by atoms with Crippen molar-refractivity contribution in [2.75, 3.05) is 23.9 Å². The molecular formula is C16H15FN4. The average molecular weight is 282 g/mol. The molecule has 5 heteroatoms. The summed E-state index contributed by atoms with van der Waals surface area (Å²) in [7, 11) is 0. The van der Waals surface area contributed by atoms with Crippen molar-refractivity contribution >= 4 is 28.2 Å². The number of aromatic nitrogens is 2. The zero-order chi connectivity index (χ0) is 14.5. The van der Waals surface area contributed by atoms with Crippen LogP contribution < -0.4 is 10.6 Å². The molecule has 1 aromatic heterocycles. The van der Waals surface area contributed by atoms with E-state index in [-0.39, 0.29) is 6.67 Å². The summed E-state index contributed by atoms with van der Waals surface area (Å²) in [6.45, 7) is -0.0640. The Morgan fingerprint density at radius 3 is 2.52 bits per heavy atom. The van der Waals surface area contributed by atoms with Gasteiger partial charge in [-0.15, -0.1) is 0 Å². The second kappa shape index (κ2) is 6.17. The number of halogens is 1. The Kier molecular flexibility index (Phi) is 3.91. The highest BCUT2D eigenvalue weighted by Gasteiger charge is 2.00. The third-order valence-electron chi connectivity index (χ3n) is 3.05. The molecule has 0 spiro atoms. The van der Waals surface area contributed by atoms with Crippen molar-refractivity contribution in [3.05, 3.63) is 54.7 Å². The van der Waals surface area contributed by atoms with Gasteiger partial charge in [0.15, 0.2) is 0 Å². The van der Waals surface area contributed by atoms with E-state index in [2.05, 4.69) is 20.6 Å². The van der Waals surface area contributed by atoms with E-state index in [1.165, 1.54) is 0 Å². The van der Waals surface area contributed by atoms with Crippen molar-refractivity contribution in [2.45, 2.75) is 0 Å². The second-order valence-electron chi connectivity index (χ2n) is 4.57. The van der Waals surface area contributed by atoms with Crippen LogP contribution >= 0.6 is 0 Å². The first-order chi connectivity index (χ1) is 10.3. The summed E-state index contributed by atoms with van der Waals surface area (Å²) in [6.07, 6.45) is 1.79. The molecule has 0 atom stereocenters. The molecule has 0 fully saturated rings. The van der Waals surface area contributed by atoms with Gasteiger partial charge in [-0.1, -0.05) is 18.2 Å². The molecular weight excluding hydrogens is 267 g/mol. The Labute approximate surface area is 122 Å². The first-order valence-corrected chi connectivity index (χ1v) is 6.74. The topological polar surface area (TPSA) is 49.8 Å². The molecule has 0 aliphatic carbocycles. The lowest BCUT2D eigenvalue weighted by Crippen LogP contribution is -2.02. The minimum atomic E-state index is -0.384. The van der Waals surface area contributed by atoms with Crippen LogP contribution in [-0.2, 0) is 0 Å².